The van der Waals surface area contributed by atoms with Crippen LogP contribution < -0.4 is 10.5 Å². The lowest BCUT2D eigenvalue weighted by atomic mass is 10.2. The van der Waals surface area contributed by atoms with E-state index in [1.807, 2.05) is 0 Å². The quantitative estimate of drug-likeness (QED) is 0.628. The van der Waals surface area contributed by atoms with Crippen LogP contribution in [0.4, 0.5) is 8.78 Å². The highest BCUT2D eigenvalue weighted by Gasteiger charge is 2.22. The summed E-state index contributed by atoms with van der Waals surface area (Å²) in [6, 6.07) is 2.33. The van der Waals surface area contributed by atoms with Gasteiger partial charge in [-0.2, -0.15) is 8.78 Å². The van der Waals surface area contributed by atoms with Crippen molar-refractivity contribution in [2.45, 2.75) is 6.05 Å². The maximum absolute atomic E-state index is 12.3. The van der Waals surface area contributed by atoms with Gasteiger partial charge in [-0.3, -0.25) is 5.73 Å². The van der Waals surface area contributed by atoms with Gasteiger partial charge in [0.1, 0.15) is 5.75 Å². The normalized spacial score (nSPS) is 11.0. The molecule has 16 heavy (non-hydrogen) atoms. The molecule has 0 heterocycles. The summed E-state index contributed by atoms with van der Waals surface area (Å²) in [5.74, 6) is -0.432. The first kappa shape index (κ1) is 12.4. The van der Waals surface area contributed by atoms with Crippen molar-refractivity contribution in [1.29, 1.82) is 0 Å². The van der Waals surface area contributed by atoms with E-state index in [0.717, 1.165) is 0 Å². The number of halogens is 2. The summed E-state index contributed by atoms with van der Waals surface area (Å²) < 4.78 is 33.8. The van der Waals surface area contributed by atoms with Crippen molar-refractivity contribution in [3.05, 3.63) is 29.8 Å². The van der Waals surface area contributed by atoms with Crippen LogP contribution in [0.15, 0.2) is 24.3 Å². The Morgan fingerprint density at radius 2 is 2.19 bits per heavy atom. The van der Waals surface area contributed by atoms with Crippen LogP contribution in [-0.2, 0) is 4.74 Å². The second kappa shape index (κ2) is 4.89. The van der Waals surface area contributed by atoms with Crippen LogP contribution in [0.3, 0.4) is 0 Å². The zero-order chi connectivity index (χ0) is 12.2. The van der Waals surface area contributed by atoms with Gasteiger partial charge in [-0.05, 0) is 18.2 Å². The van der Waals surface area contributed by atoms with Crippen molar-refractivity contribution in [2.75, 3.05) is 13.7 Å². The standard InChI is InChI=1S/C10H11F2NO3/c1-15-9(14)7-3-2-4-8(5-7)16-6-10(11,12)13/h2-5H,6,13H2,1H3. The third-order valence-corrected chi connectivity index (χ3v) is 1.69. The molecular weight excluding hydrogens is 220 g/mol. The van der Waals surface area contributed by atoms with Gasteiger partial charge < -0.3 is 9.47 Å². The summed E-state index contributed by atoms with van der Waals surface area (Å²) in [5, 5.41) is 0. The number of ether oxygens (including phenoxy) is 2. The van der Waals surface area contributed by atoms with Crippen LogP contribution in [0.25, 0.3) is 0 Å². The van der Waals surface area contributed by atoms with Gasteiger partial charge in [-0.15, -0.1) is 0 Å². The zero-order valence-corrected chi connectivity index (χ0v) is 8.57. The van der Waals surface area contributed by atoms with Crippen molar-refractivity contribution in [3.8, 4) is 5.75 Å². The first-order valence-corrected chi connectivity index (χ1v) is 4.40. The molecule has 2 N–H and O–H groups in total. The lowest BCUT2D eigenvalue weighted by Crippen LogP contribution is -2.35. The Morgan fingerprint density at radius 3 is 2.75 bits per heavy atom. The van der Waals surface area contributed by atoms with E-state index in [2.05, 4.69) is 10.5 Å². The molecule has 0 unspecified atom stereocenters. The number of esters is 1. The van der Waals surface area contributed by atoms with Gasteiger partial charge in [-0.1, -0.05) is 6.07 Å². The highest BCUT2D eigenvalue weighted by molar-refractivity contribution is 5.89. The highest BCUT2D eigenvalue weighted by atomic mass is 19.3. The molecule has 0 aromatic heterocycles. The predicted molar refractivity (Wildman–Crippen MR) is 52.4 cm³/mol. The minimum Gasteiger partial charge on any atom is -0.486 e. The average molecular weight is 231 g/mol. The number of hydrogen-bond donors (Lipinski definition) is 1. The number of alkyl halides is 2. The van der Waals surface area contributed by atoms with Gasteiger partial charge in [0.2, 0.25) is 0 Å². The predicted octanol–water partition coefficient (Wildman–Crippen LogP) is 1.40. The van der Waals surface area contributed by atoms with Crippen LogP contribution in [0.2, 0.25) is 0 Å². The Bertz CT molecular complexity index is 377. The number of carbonyl (C=O) groups excluding carboxylic acids is 1. The molecule has 0 aliphatic carbocycles. The van der Waals surface area contributed by atoms with Crippen molar-refractivity contribution in [3.63, 3.8) is 0 Å². The van der Waals surface area contributed by atoms with Crippen LogP contribution in [0.1, 0.15) is 10.4 Å². The molecule has 88 valence electrons. The Kier molecular flexibility index (Phi) is 3.78. The van der Waals surface area contributed by atoms with Gasteiger partial charge in [-0.25, -0.2) is 4.79 Å². The second-order valence-electron chi connectivity index (χ2n) is 3.07. The lowest BCUT2D eigenvalue weighted by molar-refractivity contribution is -0.0347. The molecule has 0 fully saturated rings. The summed E-state index contributed by atoms with van der Waals surface area (Å²) in [5.41, 5.74) is 4.68. The lowest BCUT2D eigenvalue weighted by Gasteiger charge is -2.12. The maximum atomic E-state index is 12.3. The largest absolute Gasteiger partial charge is 0.486 e. The summed E-state index contributed by atoms with van der Waals surface area (Å²) in [6.07, 6.45) is 0. The third-order valence-electron chi connectivity index (χ3n) is 1.69. The summed E-state index contributed by atoms with van der Waals surface area (Å²) in [4.78, 5) is 11.1. The molecule has 4 nitrogen and oxygen atoms in total. The second-order valence-corrected chi connectivity index (χ2v) is 3.07. The minimum absolute atomic E-state index is 0.132. The van der Waals surface area contributed by atoms with E-state index in [9.17, 15) is 13.6 Å². The molecule has 1 aromatic carbocycles. The topological polar surface area (TPSA) is 61.5 Å². The fourth-order valence-electron chi connectivity index (χ4n) is 1.01. The Balaban J connectivity index is 2.71. The van der Waals surface area contributed by atoms with Crippen LogP contribution in [0.5, 0.6) is 5.75 Å². The molecule has 0 aliphatic heterocycles. The van der Waals surface area contributed by atoms with E-state index in [1.54, 1.807) is 0 Å². The zero-order valence-electron chi connectivity index (χ0n) is 8.57. The van der Waals surface area contributed by atoms with Crippen LogP contribution >= 0.6 is 0 Å². The van der Waals surface area contributed by atoms with Crippen LogP contribution in [0, 0.1) is 0 Å². The van der Waals surface area contributed by atoms with Crippen molar-refractivity contribution < 1.29 is 23.0 Å². The first-order chi connectivity index (χ1) is 7.42. The van der Waals surface area contributed by atoms with Crippen molar-refractivity contribution >= 4 is 5.97 Å². The third kappa shape index (κ3) is 3.82. The van der Waals surface area contributed by atoms with Gasteiger partial charge in [0.15, 0.2) is 6.61 Å². The molecule has 1 rings (SSSR count). The van der Waals surface area contributed by atoms with E-state index in [1.165, 1.54) is 31.4 Å². The fraction of sp³-hybridized carbons (Fsp3) is 0.300. The number of benzene rings is 1. The van der Waals surface area contributed by atoms with E-state index < -0.39 is 18.6 Å². The Hall–Kier alpha value is -1.69. The Morgan fingerprint density at radius 1 is 1.50 bits per heavy atom. The molecule has 0 aliphatic rings. The van der Waals surface area contributed by atoms with Gasteiger partial charge in [0.05, 0.1) is 12.7 Å². The molecule has 1 aromatic rings. The smallest absolute Gasteiger partial charge is 0.337 e. The van der Waals surface area contributed by atoms with Crippen molar-refractivity contribution in [2.24, 2.45) is 5.73 Å². The van der Waals surface area contributed by atoms with Gasteiger partial charge in [0.25, 0.3) is 0 Å². The number of carbonyl (C=O) groups is 1. The van der Waals surface area contributed by atoms with Gasteiger partial charge >= 0.3 is 12.0 Å². The van der Waals surface area contributed by atoms with E-state index in [-0.39, 0.29) is 11.3 Å². The number of nitrogens with two attached hydrogens (primary N) is 1. The SMILES string of the molecule is COC(=O)c1cccc(OCC(N)(F)F)c1. The summed E-state index contributed by atoms with van der Waals surface area (Å²) in [6.45, 7) is -0.947. The number of hydrogen-bond acceptors (Lipinski definition) is 4. The summed E-state index contributed by atoms with van der Waals surface area (Å²) in [7, 11) is 1.23. The van der Waals surface area contributed by atoms with Crippen LogP contribution in [-0.4, -0.2) is 25.7 Å². The summed E-state index contributed by atoms with van der Waals surface area (Å²) >= 11 is 0. The number of rotatable bonds is 4. The van der Waals surface area contributed by atoms with E-state index in [0.29, 0.717) is 0 Å². The number of methoxy groups -OCH3 is 1. The molecular formula is C10H11F2NO3. The molecule has 0 bridgehead atoms. The van der Waals surface area contributed by atoms with E-state index >= 15 is 0 Å². The first-order valence-electron chi connectivity index (χ1n) is 4.40. The average Bonchev–Trinajstić information content (AvgIpc) is 2.25. The molecule has 0 spiro atoms. The van der Waals surface area contributed by atoms with Gasteiger partial charge in [0, 0.05) is 0 Å². The molecule has 6 heteroatoms. The molecule has 0 amide bonds. The molecule has 0 atom stereocenters. The molecule has 0 saturated carbocycles. The van der Waals surface area contributed by atoms with Crippen molar-refractivity contribution in [1.82, 2.24) is 0 Å². The minimum atomic E-state index is -3.40. The highest BCUT2D eigenvalue weighted by Crippen LogP contribution is 2.16. The monoisotopic (exact) mass is 231 g/mol. The maximum Gasteiger partial charge on any atom is 0.337 e. The fourth-order valence-corrected chi connectivity index (χ4v) is 1.01. The Labute approximate surface area is 91.0 Å². The molecule has 0 radical (unpaired) electrons. The van der Waals surface area contributed by atoms with E-state index in [4.69, 9.17) is 4.74 Å². The molecule has 0 saturated heterocycles.